The van der Waals surface area contributed by atoms with Crippen molar-refractivity contribution in [1.29, 1.82) is 0 Å². The molecule has 2 amide bonds. The van der Waals surface area contributed by atoms with Crippen molar-refractivity contribution in [1.82, 2.24) is 4.90 Å². The summed E-state index contributed by atoms with van der Waals surface area (Å²) in [5.74, 6) is 0.229. The minimum Gasteiger partial charge on any atom is -0.497 e. The Morgan fingerprint density at radius 1 is 1.12 bits per heavy atom. The van der Waals surface area contributed by atoms with Crippen LogP contribution < -0.4 is 9.47 Å². The number of amides is 2. The maximum atomic E-state index is 13.8. The molecule has 5 nitrogen and oxygen atoms in total. The van der Waals surface area contributed by atoms with Gasteiger partial charge >= 0.3 is 0 Å². The molecule has 0 aromatic heterocycles. The summed E-state index contributed by atoms with van der Waals surface area (Å²) in [5, 5.41) is -0.439. The number of nitrogens with zero attached hydrogens (tertiary/aromatic N) is 1. The Kier molecular flexibility index (Phi) is 5.27. The molecule has 1 saturated heterocycles. The molecule has 26 heavy (non-hydrogen) atoms. The molecule has 1 fully saturated rings. The van der Waals surface area contributed by atoms with E-state index in [-0.39, 0.29) is 17.0 Å². The van der Waals surface area contributed by atoms with E-state index in [0.29, 0.717) is 17.1 Å². The highest BCUT2D eigenvalue weighted by molar-refractivity contribution is 8.18. The third-order valence-corrected chi connectivity index (χ3v) is 4.79. The Balaban J connectivity index is 1.89. The van der Waals surface area contributed by atoms with E-state index in [1.807, 2.05) is 0 Å². The number of benzene rings is 2. The zero-order valence-electron chi connectivity index (χ0n) is 14.2. The topological polar surface area (TPSA) is 55.8 Å². The average molecular weight is 373 g/mol. The summed E-state index contributed by atoms with van der Waals surface area (Å²) in [5.41, 5.74) is 0.901. The molecule has 2 aromatic rings. The highest BCUT2D eigenvalue weighted by atomic mass is 32.2. The maximum Gasteiger partial charge on any atom is 0.293 e. The molecular formula is C19H16FNO4S. The van der Waals surface area contributed by atoms with Crippen LogP contribution in [-0.4, -0.2) is 30.3 Å². The predicted molar refractivity (Wildman–Crippen MR) is 97.5 cm³/mol. The Labute approximate surface area is 154 Å². The zero-order chi connectivity index (χ0) is 18.7. The third kappa shape index (κ3) is 3.57. The minimum absolute atomic E-state index is 0.107. The molecule has 1 heterocycles. The van der Waals surface area contributed by atoms with Gasteiger partial charge in [0.1, 0.15) is 17.3 Å². The van der Waals surface area contributed by atoms with Gasteiger partial charge in [-0.25, -0.2) is 4.39 Å². The Morgan fingerprint density at radius 3 is 2.58 bits per heavy atom. The van der Waals surface area contributed by atoms with Gasteiger partial charge in [-0.15, -0.1) is 0 Å². The van der Waals surface area contributed by atoms with Crippen LogP contribution in [0.2, 0.25) is 0 Å². The normalized spacial score (nSPS) is 15.7. The summed E-state index contributed by atoms with van der Waals surface area (Å²) in [4.78, 5) is 26.1. The van der Waals surface area contributed by atoms with Crippen molar-refractivity contribution < 1.29 is 23.5 Å². The molecule has 1 aliphatic rings. The molecule has 1 aliphatic heterocycles. The number of carbonyl (C=O) groups excluding carboxylic acids is 2. The van der Waals surface area contributed by atoms with E-state index in [9.17, 15) is 14.0 Å². The van der Waals surface area contributed by atoms with Gasteiger partial charge in [0.05, 0.1) is 25.7 Å². The van der Waals surface area contributed by atoms with Crippen molar-refractivity contribution in [2.45, 2.75) is 6.54 Å². The summed E-state index contributed by atoms with van der Waals surface area (Å²) in [6.45, 7) is -0.107. The first-order valence-corrected chi connectivity index (χ1v) is 8.56. The quantitative estimate of drug-likeness (QED) is 0.739. The van der Waals surface area contributed by atoms with Gasteiger partial charge in [0.15, 0.2) is 0 Å². The number of thioether (sulfide) groups is 1. The fourth-order valence-corrected chi connectivity index (χ4v) is 3.36. The first-order valence-electron chi connectivity index (χ1n) is 7.74. The van der Waals surface area contributed by atoms with Crippen LogP contribution >= 0.6 is 11.8 Å². The molecule has 0 aliphatic carbocycles. The number of carbonyl (C=O) groups is 2. The van der Waals surface area contributed by atoms with Crippen LogP contribution in [0.1, 0.15) is 11.1 Å². The van der Waals surface area contributed by atoms with Crippen molar-refractivity contribution in [3.05, 3.63) is 64.3 Å². The predicted octanol–water partition coefficient (Wildman–Crippen LogP) is 4.08. The summed E-state index contributed by atoms with van der Waals surface area (Å²) >= 11 is 0.814. The average Bonchev–Trinajstić information content (AvgIpc) is 2.90. The van der Waals surface area contributed by atoms with Gasteiger partial charge in [-0.1, -0.05) is 18.2 Å². The number of hydrogen-bond donors (Lipinski definition) is 0. The number of ether oxygens (including phenoxy) is 2. The summed E-state index contributed by atoms with van der Waals surface area (Å²) < 4.78 is 24.3. The van der Waals surface area contributed by atoms with Crippen molar-refractivity contribution in [2.24, 2.45) is 0 Å². The van der Waals surface area contributed by atoms with Crippen LogP contribution in [0.4, 0.5) is 9.18 Å². The van der Waals surface area contributed by atoms with Gasteiger partial charge in [-0.2, -0.15) is 0 Å². The van der Waals surface area contributed by atoms with E-state index >= 15 is 0 Å². The van der Waals surface area contributed by atoms with Crippen LogP contribution in [0, 0.1) is 5.82 Å². The summed E-state index contributed by atoms with van der Waals surface area (Å²) in [6.07, 6.45) is 1.58. The Morgan fingerprint density at radius 2 is 1.88 bits per heavy atom. The summed E-state index contributed by atoms with van der Waals surface area (Å²) in [7, 11) is 3.05. The van der Waals surface area contributed by atoms with Crippen LogP contribution in [0.3, 0.4) is 0 Å². The van der Waals surface area contributed by atoms with E-state index < -0.39 is 17.0 Å². The Hall–Kier alpha value is -2.80. The molecule has 3 rings (SSSR count). The molecule has 0 atom stereocenters. The van der Waals surface area contributed by atoms with Crippen molar-refractivity contribution in [3.8, 4) is 11.5 Å². The van der Waals surface area contributed by atoms with Crippen molar-refractivity contribution >= 4 is 29.0 Å². The number of halogens is 1. The lowest BCUT2D eigenvalue weighted by Gasteiger charge is -2.13. The smallest absolute Gasteiger partial charge is 0.293 e. The molecule has 2 aromatic carbocycles. The molecule has 0 bridgehead atoms. The third-order valence-electron chi connectivity index (χ3n) is 3.88. The lowest BCUT2D eigenvalue weighted by atomic mass is 10.1. The van der Waals surface area contributed by atoms with Gasteiger partial charge in [-0.3, -0.25) is 14.5 Å². The molecule has 134 valence electrons. The van der Waals surface area contributed by atoms with Gasteiger partial charge < -0.3 is 9.47 Å². The second-order valence-electron chi connectivity index (χ2n) is 5.47. The standard InChI is InChI=1S/C19H16FNO4S/c1-24-14-7-8-16(25-2)13(9-14)10-17-18(22)21(19(23)26-17)11-12-5-3-4-6-15(12)20/h3-10H,11H2,1-2H3/b17-10-. The molecule has 0 unspecified atom stereocenters. The number of hydrogen-bond acceptors (Lipinski definition) is 5. The van der Waals surface area contributed by atoms with Crippen LogP contribution in [0.15, 0.2) is 47.4 Å². The van der Waals surface area contributed by atoms with E-state index in [2.05, 4.69) is 0 Å². The van der Waals surface area contributed by atoms with E-state index in [0.717, 1.165) is 16.7 Å². The lowest BCUT2D eigenvalue weighted by Crippen LogP contribution is -2.27. The molecule has 0 saturated carbocycles. The first kappa shape index (κ1) is 18.0. The van der Waals surface area contributed by atoms with Crippen LogP contribution in [0.25, 0.3) is 6.08 Å². The second kappa shape index (κ2) is 7.61. The van der Waals surface area contributed by atoms with Crippen molar-refractivity contribution in [3.63, 3.8) is 0 Å². The monoisotopic (exact) mass is 373 g/mol. The molecule has 0 radical (unpaired) electrons. The number of rotatable bonds is 5. The molecule has 7 heteroatoms. The highest BCUT2D eigenvalue weighted by Gasteiger charge is 2.35. The zero-order valence-corrected chi connectivity index (χ0v) is 15.0. The minimum atomic E-state index is -0.465. The largest absolute Gasteiger partial charge is 0.497 e. The maximum absolute atomic E-state index is 13.8. The summed E-state index contributed by atoms with van der Waals surface area (Å²) in [6, 6.07) is 11.2. The van der Waals surface area contributed by atoms with Gasteiger partial charge in [0, 0.05) is 11.1 Å². The second-order valence-corrected chi connectivity index (χ2v) is 6.46. The highest BCUT2D eigenvalue weighted by Crippen LogP contribution is 2.36. The Bertz CT molecular complexity index is 897. The van der Waals surface area contributed by atoms with E-state index in [1.165, 1.54) is 20.3 Å². The fraction of sp³-hybridized carbons (Fsp3) is 0.158. The van der Waals surface area contributed by atoms with Gasteiger partial charge in [-0.05, 0) is 42.1 Å². The lowest BCUT2D eigenvalue weighted by molar-refractivity contribution is -0.123. The fourth-order valence-electron chi connectivity index (χ4n) is 2.53. The van der Waals surface area contributed by atoms with E-state index in [1.54, 1.807) is 42.5 Å². The van der Waals surface area contributed by atoms with Crippen LogP contribution in [0.5, 0.6) is 11.5 Å². The van der Waals surface area contributed by atoms with Gasteiger partial charge in [0.2, 0.25) is 0 Å². The molecule has 0 N–H and O–H groups in total. The molecular weight excluding hydrogens is 357 g/mol. The van der Waals surface area contributed by atoms with Crippen LogP contribution in [-0.2, 0) is 11.3 Å². The van der Waals surface area contributed by atoms with Crippen molar-refractivity contribution in [2.75, 3.05) is 14.2 Å². The van der Waals surface area contributed by atoms with Gasteiger partial charge in [0.25, 0.3) is 11.1 Å². The SMILES string of the molecule is COc1ccc(OC)c(/C=C2\SC(=O)N(Cc3ccccc3F)C2=O)c1. The number of imide groups is 1. The number of methoxy groups -OCH3 is 2. The van der Waals surface area contributed by atoms with E-state index in [4.69, 9.17) is 9.47 Å². The molecule has 0 spiro atoms. The first-order chi connectivity index (χ1) is 12.5.